The second-order valence-electron chi connectivity index (χ2n) is 6.15. The molecule has 1 fully saturated rings. The van der Waals surface area contributed by atoms with E-state index in [1.54, 1.807) is 0 Å². The first-order valence-corrected chi connectivity index (χ1v) is 6.95. The summed E-state index contributed by atoms with van der Waals surface area (Å²) in [5.74, 6) is 0.0465. The van der Waals surface area contributed by atoms with Crippen LogP contribution in [0.2, 0.25) is 0 Å². The van der Waals surface area contributed by atoms with Gasteiger partial charge in [-0.25, -0.2) is 0 Å². The van der Waals surface area contributed by atoms with E-state index in [0.717, 1.165) is 22.9 Å². The molecule has 1 aliphatic rings. The van der Waals surface area contributed by atoms with Crippen LogP contribution in [0.4, 0.5) is 0 Å². The molecule has 0 bridgehead atoms. The average molecular weight is 256 g/mol. The van der Waals surface area contributed by atoms with Gasteiger partial charge in [-0.05, 0) is 36.5 Å². The molecular weight excluding hydrogens is 236 g/mol. The number of carbonyl (C=O) groups excluding carboxylic acids is 1. The summed E-state index contributed by atoms with van der Waals surface area (Å²) < 4.78 is 0. The third kappa shape index (κ3) is 2.14. The molecule has 3 rings (SSSR count). The number of hydrogen-bond acceptors (Lipinski definition) is 1. The van der Waals surface area contributed by atoms with Gasteiger partial charge in [0.05, 0.1) is 0 Å². The standard InChI is InChI=1S/C16H20N2O/c1-16(2)9-4-7-14(16)18-15(19)12-5-3-6-13-11(12)8-10-17-13/h3,5-6,8,10,14,17H,4,7,9H2,1-2H3,(H,18,19). The number of aromatic nitrogens is 1. The van der Waals surface area contributed by atoms with Crippen molar-refractivity contribution in [3.63, 3.8) is 0 Å². The highest BCUT2D eigenvalue weighted by Gasteiger charge is 2.35. The lowest BCUT2D eigenvalue weighted by atomic mass is 9.87. The molecule has 0 spiro atoms. The molecule has 0 saturated heterocycles. The van der Waals surface area contributed by atoms with Crippen molar-refractivity contribution in [2.45, 2.75) is 39.2 Å². The van der Waals surface area contributed by atoms with Gasteiger partial charge >= 0.3 is 0 Å². The van der Waals surface area contributed by atoms with Gasteiger partial charge in [-0.2, -0.15) is 0 Å². The largest absolute Gasteiger partial charge is 0.361 e. The van der Waals surface area contributed by atoms with Crippen LogP contribution in [-0.2, 0) is 0 Å². The van der Waals surface area contributed by atoms with Crippen LogP contribution in [0.3, 0.4) is 0 Å². The SMILES string of the molecule is CC1(C)CCCC1NC(=O)c1cccc2[nH]ccc12. The molecule has 1 amide bonds. The van der Waals surface area contributed by atoms with Crippen LogP contribution in [-0.4, -0.2) is 16.9 Å². The van der Waals surface area contributed by atoms with Gasteiger partial charge in [-0.3, -0.25) is 4.79 Å². The van der Waals surface area contributed by atoms with Gasteiger partial charge < -0.3 is 10.3 Å². The summed E-state index contributed by atoms with van der Waals surface area (Å²) in [6, 6.07) is 8.06. The van der Waals surface area contributed by atoms with Crippen molar-refractivity contribution in [1.29, 1.82) is 0 Å². The van der Waals surface area contributed by atoms with Crippen LogP contribution >= 0.6 is 0 Å². The van der Waals surface area contributed by atoms with Gasteiger partial charge in [-0.15, -0.1) is 0 Å². The molecule has 1 aromatic heterocycles. The molecule has 1 heterocycles. The Labute approximate surface area is 113 Å². The molecule has 3 nitrogen and oxygen atoms in total. The lowest BCUT2D eigenvalue weighted by Gasteiger charge is -2.27. The minimum atomic E-state index is 0.0465. The molecule has 1 aromatic carbocycles. The van der Waals surface area contributed by atoms with Crippen molar-refractivity contribution in [3.8, 4) is 0 Å². The fourth-order valence-corrected chi connectivity index (χ4v) is 3.11. The Morgan fingerprint density at radius 1 is 1.37 bits per heavy atom. The zero-order valence-corrected chi connectivity index (χ0v) is 11.5. The molecule has 100 valence electrons. The van der Waals surface area contributed by atoms with E-state index in [1.807, 2.05) is 30.5 Å². The van der Waals surface area contributed by atoms with Crippen molar-refractivity contribution in [3.05, 3.63) is 36.0 Å². The minimum Gasteiger partial charge on any atom is -0.361 e. The van der Waals surface area contributed by atoms with Crippen molar-refractivity contribution in [2.75, 3.05) is 0 Å². The van der Waals surface area contributed by atoms with E-state index in [9.17, 15) is 4.79 Å². The van der Waals surface area contributed by atoms with E-state index in [1.165, 1.54) is 12.8 Å². The van der Waals surface area contributed by atoms with E-state index >= 15 is 0 Å². The Balaban J connectivity index is 1.86. The molecule has 0 radical (unpaired) electrons. The fraction of sp³-hybridized carbons (Fsp3) is 0.438. The smallest absolute Gasteiger partial charge is 0.252 e. The number of fused-ring (bicyclic) bond motifs is 1. The Morgan fingerprint density at radius 3 is 2.95 bits per heavy atom. The first kappa shape index (κ1) is 12.3. The molecule has 0 aliphatic heterocycles. The molecule has 1 saturated carbocycles. The number of nitrogens with one attached hydrogen (secondary N) is 2. The molecule has 1 atom stereocenters. The predicted octanol–water partition coefficient (Wildman–Crippen LogP) is 3.48. The van der Waals surface area contributed by atoms with Gasteiger partial charge in [0, 0.05) is 28.7 Å². The maximum atomic E-state index is 12.5. The maximum Gasteiger partial charge on any atom is 0.252 e. The second-order valence-corrected chi connectivity index (χ2v) is 6.15. The second kappa shape index (κ2) is 4.41. The number of benzene rings is 1. The zero-order chi connectivity index (χ0) is 13.5. The normalized spacial score (nSPS) is 21.7. The van der Waals surface area contributed by atoms with E-state index in [4.69, 9.17) is 0 Å². The fourth-order valence-electron chi connectivity index (χ4n) is 3.11. The van der Waals surface area contributed by atoms with E-state index in [0.29, 0.717) is 0 Å². The van der Waals surface area contributed by atoms with Gasteiger partial charge in [0.2, 0.25) is 0 Å². The molecular formula is C16H20N2O. The third-order valence-corrected chi connectivity index (χ3v) is 4.40. The number of carbonyl (C=O) groups is 1. The Hall–Kier alpha value is -1.77. The van der Waals surface area contributed by atoms with E-state index in [-0.39, 0.29) is 17.4 Å². The highest BCUT2D eigenvalue weighted by molar-refractivity contribution is 6.06. The Morgan fingerprint density at radius 2 is 2.21 bits per heavy atom. The first-order valence-electron chi connectivity index (χ1n) is 6.95. The Kier molecular flexibility index (Phi) is 2.85. The summed E-state index contributed by atoms with van der Waals surface area (Å²) in [6.45, 7) is 4.48. The Bertz CT molecular complexity index is 612. The van der Waals surface area contributed by atoms with Crippen LogP contribution < -0.4 is 5.32 Å². The van der Waals surface area contributed by atoms with Crippen molar-refractivity contribution in [2.24, 2.45) is 5.41 Å². The summed E-state index contributed by atoms with van der Waals surface area (Å²) in [5, 5.41) is 4.21. The first-order chi connectivity index (χ1) is 9.08. The molecule has 19 heavy (non-hydrogen) atoms. The maximum absolute atomic E-state index is 12.5. The number of aromatic amines is 1. The monoisotopic (exact) mass is 256 g/mol. The summed E-state index contributed by atoms with van der Waals surface area (Å²) >= 11 is 0. The molecule has 1 aliphatic carbocycles. The van der Waals surface area contributed by atoms with Gasteiger partial charge in [-0.1, -0.05) is 26.3 Å². The van der Waals surface area contributed by atoms with Gasteiger partial charge in [0.25, 0.3) is 5.91 Å². The van der Waals surface area contributed by atoms with E-state index < -0.39 is 0 Å². The van der Waals surface area contributed by atoms with Crippen molar-refractivity contribution < 1.29 is 4.79 Å². The lowest BCUT2D eigenvalue weighted by Crippen LogP contribution is -2.41. The van der Waals surface area contributed by atoms with Crippen LogP contribution in [0.25, 0.3) is 10.9 Å². The topological polar surface area (TPSA) is 44.9 Å². The number of rotatable bonds is 2. The lowest BCUT2D eigenvalue weighted by molar-refractivity contribution is 0.0911. The van der Waals surface area contributed by atoms with Crippen molar-refractivity contribution in [1.82, 2.24) is 10.3 Å². The van der Waals surface area contributed by atoms with E-state index in [2.05, 4.69) is 24.1 Å². The molecule has 2 N–H and O–H groups in total. The summed E-state index contributed by atoms with van der Waals surface area (Å²) in [6.07, 6.45) is 5.35. The van der Waals surface area contributed by atoms with Gasteiger partial charge in [0.15, 0.2) is 0 Å². The number of amides is 1. The number of H-pyrrole nitrogens is 1. The highest BCUT2D eigenvalue weighted by Crippen LogP contribution is 2.37. The van der Waals surface area contributed by atoms with Crippen LogP contribution in [0.1, 0.15) is 43.5 Å². The minimum absolute atomic E-state index is 0.0465. The number of hydrogen-bond donors (Lipinski definition) is 2. The zero-order valence-electron chi connectivity index (χ0n) is 11.5. The predicted molar refractivity (Wildman–Crippen MR) is 77.2 cm³/mol. The van der Waals surface area contributed by atoms with Gasteiger partial charge in [0.1, 0.15) is 0 Å². The van der Waals surface area contributed by atoms with Crippen LogP contribution in [0.15, 0.2) is 30.5 Å². The molecule has 2 aromatic rings. The highest BCUT2D eigenvalue weighted by atomic mass is 16.1. The van der Waals surface area contributed by atoms with Crippen LogP contribution in [0, 0.1) is 5.41 Å². The van der Waals surface area contributed by atoms with Crippen molar-refractivity contribution >= 4 is 16.8 Å². The average Bonchev–Trinajstić information content (AvgIpc) is 2.96. The quantitative estimate of drug-likeness (QED) is 0.849. The van der Waals surface area contributed by atoms with Crippen LogP contribution in [0.5, 0.6) is 0 Å². The summed E-state index contributed by atoms with van der Waals surface area (Å²) in [4.78, 5) is 15.6. The summed E-state index contributed by atoms with van der Waals surface area (Å²) in [5.41, 5.74) is 1.99. The third-order valence-electron chi connectivity index (χ3n) is 4.40. The molecule has 1 unspecified atom stereocenters. The summed E-state index contributed by atoms with van der Waals surface area (Å²) in [7, 11) is 0. The molecule has 3 heteroatoms.